The minimum absolute atomic E-state index is 0.129. The van der Waals surface area contributed by atoms with Crippen LogP contribution in [-0.4, -0.2) is 12.5 Å². The molecule has 1 saturated carbocycles. The second kappa shape index (κ2) is 7.09. The molecular weight excluding hydrogens is 248 g/mol. The maximum Gasteiger partial charge on any atom is 0.237 e. The van der Waals surface area contributed by atoms with E-state index in [1.165, 1.54) is 19.3 Å². The molecule has 3 atom stereocenters. The van der Waals surface area contributed by atoms with Gasteiger partial charge in [-0.2, -0.15) is 5.26 Å². The van der Waals surface area contributed by atoms with Crippen LogP contribution in [0.1, 0.15) is 31.7 Å². The standard InChI is InChI=1S/C17H22N2O/c1-13-6-5-9-15(13)12-19-17(20)16(11-18)10-14-7-3-2-4-8-14/h2-4,7-8,13,15-16H,5-6,9-10,12H2,1H3,(H,19,20). The summed E-state index contributed by atoms with van der Waals surface area (Å²) in [5, 5.41) is 12.2. The fourth-order valence-corrected chi connectivity index (χ4v) is 2.93. The van der Waals surface area contributed by atoms with Crippen LogP contribution in [0.5, 0.6) is 0 Å². The van der Waals surface area contributed by atoms with Crippen molar-refractivity contribution in [1.82, 2.24) is 5.32 Å². The van der Waals surface area contributed by atoms with Crippen LogP contribution in [0.4, 0.5) is 0 Å². The Bertz CT molecular complexity index is 478. The summed E-state index contributed by atoms with van der Waals surface area (Å²) in [4.78, 5) is 12.1. The fraction of sp³-hybridized carbons (Fsp3) is 0.529. The number of amides is 1. The van der Waals surface area contributed by atoms with Gasteiger partial charge in [-0.05, 0) is 30.2 Å². The summed E-state index contributed by atoms with van der Waals surface area (Å²) < 4.78 is 0. The molecule has 1 N–H and O–H groups in total. The molecule has 0 bridgehead atoms. The maximum absolute atomic E-state index is 12.1. The van der Waals surface area contributed by atoms with Gasteiger partial charge in [0, 0.05) is 6.54 Å². The summed E-state index contributed by atoms with van der Waals surface area (Å²) in [6, 6.07) is 11.8. The second-order valence-electron chi connectivity index (χ2n) is 5.78. The number of carbonyl (C=O) groups excluding carboxylic acids is 1. The largest absolute Gasteiger partial charge is 0.355 e. The molecule has 0 saturated heterocycles. The van der Waals surface area contributed by atoms with Crippen molar-refractivity contribution < 1.29 is 4.79 Å². The summed E-state index contributed by atoms with van der Waals surface area (Å²) in [6.07, 6.45) is 4.19. The van der Waals surface area contributed by atoms with Gasteiger partial charge in [-0.15, -0.1) is 0 Å². The Kier molecular flexibility index (Phi) is 5.17. The summed E-state index contributed by atoms with van der Waals surface area (Å²) in [5.41, 5.74) is 1.03. The van der Waals surface area contributed by atoms with Crippen LogP contribution in [0.25, 0.3) is 0 Å². The second-order valence-corrected chi connectivity index (χ2v) is 5.78. The topological polar surface area (TPSA) is 52.9 Å². The normalized spacial score (nSPS) is 23.0. The van der Waals surface area contributed by atoms with E-state index in [0.29, 0.717) is 24.8 Å². The highest BCUT2D eigenvalue weighted by Crippen LogP contribution is 2.30. The van der Waals surface area contributed by atoms with Gasteiger partial charge in [0.25, 0.3) is 0 Å². The van der Waals surface area contributed by atoms with Gasteiger partial charge in [0.1, 0.15) is 5.92 Å². The first-order valence-corrected chi connectivity index (χ1v) is 7.42. The van der Waals surface area contributed by atoms with Gasteiger partial charge in [-0.3, -0.25) is 4.79 Å². The first-order valence-electron chi connectivity index (χ1n) is 7.42. The van der Waals surface area contributed by atoms with Crippen molar-refractivity contribution in [3.63, 3.8) is 0 Å². The highest BCUT2D eigenvalue weighted by molar-refractivity contribution is 5.81. The minimum Gasteiger partial charge on any atom is -0.355 e. The molecule has 1 amide bonds. The van der Waals surface area contributed by atoms with E-state index < -0.39 is 5.92 Å². The third-order valence-electron chi connectivity index (χ3n) is 4.33. The van der Waals surface area contributed by atoms with Crippen molar-refractivity contribution in [2.75, 3.05) is 6.54 Å². The molecule has 3 heteroatoms. The van der Waals surface area contributed by atoms with Gasteiger partial charge < -0.3 is 5.32 Å². The molecule has 0 aromatic heterocycles. The molecule has 0 heterocycles. The molecule has 1 aliphatic carbocycles. The fourth-order valence-electron chi connectivity index (χ4n) is 2.93. The van der Waals surface area contributed by atoms with Crippen molar-refractivity contribution >= 4 is 5.91 Å². The molecule has 106 valence electrons. The highest BCUT2D eigenvalue weighted by atomic mass is 16.1. The maximum atomic E-state index is 12.1. The molecule has 2 rings (SSSR count). The zero-order valence-electron chi connectivity index (χ0n) is 12.0. The predicted octanol–water partition coefficient (Wildman–Crippen LogP) is 2.92. The lowest BCUT2D eigenvalue weighted by Gasteiger charge is -2.17. The molecule has 20 heavy (non-hydrogen) atoms. The van der Waals surface area contributed by atoms with Crippen LogP contribution in [0.15, 0.2) is 30.3 Å². The molecule has 0 spiro atoms. The Morgan fingerprint density at radius 1 is 1.40 bits per heavy atom. The number of hydrogen-bond acceptors (Lipinski definition) is 2. The molecule has 0 radical (unpaired) electrons. The Hall–Kier alpha value is -1.82. The van der Waals surface area contributed by atoms with Gasteiger partial charge in [0.2, 0.25) is 5.91 Å². The van der Waals surface area contributed by atoms with Crippen LogP contribution in [-0.2, 0) is 11.2 Å². The summed E-state index contributed by atoms with van der Waals surface area (Å²) in [6.45, 7) is 2.96. The van der Waals surface area contributed by atoms with Crippen LogP contribution in [0, 0.1) is 29.1 Å². The van der Waals surface area contributed by atoms with E-state index in [1.807, 2.05) is 30.3 Å². The first kappa shape index (κ1) is 14.6. The van der Waals surface area contributed by atoms with Gasteiger partial charge in [0.05, 0.1) is 6.07 Å². The number of hydrogen-bond donors (Lipinski definition) is 1. The van der Waals surface area contributed by atoms with E-state index in [-0.39, 0.29) is 5.91 Å². The monoisotopic (exact) mass is 270 g/mol. The third kappa shape index (κ3) is 3.84. The first-order chi connectivity index (χ1) is 9.70. The van der Waals surface area contributed by atoms with E-state index in [2.05, 4.69) is 18.3 Å². The number of nitrogens with zero attached hydrogens (tertiary/aromatic N) is 1. The van der Waals surface area contributed by atoms with Crippen molar-refractivity contribution in [3.8, 4) is 6.07 Å². The third-order valence-corrected chi connectivity index (χ3v) is 4.33. The number of nitriles is 1. The SMILES string of the molecule is CC1CCCC1CNC(=O)C(C#N)Cc1ccccc1. The van der Waals surface area contributed by atoms with Gasteiger partial charge >= 0.3 is 0 Å². The Labute approximate surface area is 121 Å². The van der Waals surface area contributed by atoms with Crippen LogP contribution < -0.4 is 5.32 Å². The van der Waals surface area contributed by atoms with Crippen molar-refractivity contribution in [2.45, 2.75) is 32.6 Å². The van der Waals surface area contributed by atoms with Crippen molar-refractivity contribution in [1.29, 1.82) is 5.26 Å². The summed E-state index contributed by atoms with van der Waals surface area (Å²) in [5.74, 6) is 0.546. The smallest absolute Gasteiger partial charge is 0.237 e. The highest BCUT2D eigenvalue weighted by Gasteiger charge is 2.25. The Morgan fingerprint density at radius 3 is 2.75 bits per heavy atom. The van der Waals surface area contributed by atoms with E-state index in [0.717, 1.165) is 5.56 Å². The predicted molar refractivity (Wildman–Crippen MR) is 78.8 cm³/mol. The zero-order chi connectivity index (χ0) is 14.4. The van der Waals surface area contributed by atoms with Gasteiger partial charge in [-0.25, -0.2) is 0 Å². The molecule has 3 unspecified atom stereocenters. The van der Waals surface area contributed by atoms with E-state index in [4.69, 9.17) is 0 Å². The van der Waals surface area contributed by atoms with Crippen LogP contribution >= 0.6 is 0 Å². The lowest BCUT2D eigenvalue weighted by Crippen LogP contribution is -2.35. The molecule has 1 aromatic carbocycles. The van der Waals surface area contributed by atoms with E-state index >= 15 is 0 Å². The average Bonchev–Trinajstić information content (AvgIpc) is 2.88. The molecule has 1 aromatic rings. The average molecular weight is 270 g/mol. The summed E-state index contributed by atoms with van der Waals surface area (Å²) >= 11 is 0. The van der Waals surface area contributed by atoms with Gasteiger partial charge in [0.15, 0.2) is 0 Å². The number of rotatable bonds is 5. The number of benzene rings is 1. The Morgan fingerprint density at radius 2 is 2.15 bits per heavy atom. The molecular formula is C17H22N2O. The molecule has 1 fully saturated rings. The summed E-state index contributed by atoms with van der Waals surface area (Å²) in [7, 11) is 0. The van der Waals surface area contributed by atoms with Crippen molar-refractivity contribution in [3.05, 3.63) is 35.9 Å². The lowest BCUT2D eigenvalue weighted by molar-refractivity contribution is -0.123. The van der Waals surface area contributed by atoms with Gasteiger partial charge in [-0.1, -0.05) is 50.1 Å². The van der Waals surface area contributed by atoms with E-state index in [9.17, 15) is 10.1 Å². The molecule has 0 aliphatic heterocycles. The quantitative estimate of drug-likeness (QED) is 0.894. The lowest BCUT2D eigenvalue weighted by atomic mass is 9.97. The zero-order valence-corrected chi connectivity index (χ0v) is 12.0. The Balaban J connectivity index is 1.85. The van der Waals surface area contributed by atoms with Crippen LogP contribution in [0.2, 0.25) is 0 Å². The van der Waals surface area contributed by atoms with Crippen molar-refractivity contribution in [2.24, 2.45) is 17.8 Å². The molecule has 3 nitrogen and oxygen atoms in total. The molecule has 1 aliphatic rings. The minimum atomic E-state index is -0.589. The number of nitrogens with one attached hydrogen (secondary N) is 1. The number of carbonyl (C=O) groups is 1. The van der Waals surface area contributed by atoms with Crippen LogP contribution in [0.3, 0.4) is 0 Å². The van der Waals surface area contributed by atoms with E-state index in [1.54, 1.807) is 0 Å².